The molecule has 1 aliphatic rings. The van der Waals surface area contributed by atoms with E-state index in [1.807, 2.05) is 18.5 Å². The number of hydrogen-bond donors (Lipinski definition) is 1. The molecule has 0 bridgehead atoms. The van der Waals surface area contributed by atoms with Crippen molar-refractivity contribution in [3.63, 3.8) is 0 Å². The topological polar surface area (TPSA) is 58.6 Å². The maximum absolute atomic E-state index is 11.8. The number of likely N-dealkylation sites (N-methyl/N-ethyl adjacent to an activating group) is 1. The highest BCUT2D eigenvalue weighted by atomic mass is 32.1. The number of ether oxygens (including phenoxy) is 1. The van der Waals surface area contributed by atoms with Crippen LogP contribution in [0.15, 0.2) is 17.5 Å². The minimum absolute atomic E-state index is 0.0313. The van der Waals surface area contributed by atoms with E-state index >= 15 is 0 Å². The molecule has 2 heterocycles. The third kappa shape index (κ3) is 4.70. The van der Waals surface area contributed by atoms with Crippen LogP contribution in [-0.4, -0.2) is 56.0 Å². The van der Waals surface area contributed by atoms with Gasteiger partial charge in [0.1, 0.15) is 0 Å². The zero-order valence-electron chi connectivity index (χ0n) is 11.6. The van der Waals surface area contributed by atoms with Gasteiger partial charge in [-0.3, -0.25) is 9.59 Å². The molecule has 1 N–H and O–H groups in total. The molecule has 6 heteroatoms. The summed E-state index contributed by atoms with van der Waals surface area (Å²) in [6, 6.07) is 3.63. The van der Waals surface area contributed by atoms with E-state index in [0.29, 0.717) is 13.2 Å². The monoisotopic (exact) mass is 296 g/mol. The summed E-state index contributed by atoms with van der Waals surface area (Å²) in [5, 5.41) is 4.70. The van der Waals surface area contributed by atoms with Crippen molar-refractivity contribution in [2.75, 3.05) is 33.3 Å². The number of carbonyl (C=O) groups excluding carboxylic acids is 2. The van der Waals surface area contributed by atoms with Gasteiger partial charge in [0.25, 0.3) is 0 Å². The molecule has 20 heavy (non-hydrogen) atoms. The Kier molecular flexibility index (Phi) is 5.70. The number of amides is 1. The van der Waals surface area contributed by atoms with Gasteiger partial charge in [-0.1, -0.05) is 6.07 Å². The highest BCUT2D eigenvalue weighted by molar-refractivity contribution is 7.12. The van der Waals surface area contributed by atoms with Crippen molar-refractivity contribution < 1.29 is 14.3 Å². The van der Waals surface area contributed by atoms with Crippen LogP contribution in [0.3, 0.4) is 0 Å². The third-order valence-electron chi connectivity index (χ3n) is 3.24. The van der Waals surface area contributed by atoms with Gasteiger partial charge in [-0.15, -0.1) is 11.3 Å². The molecular formula is C14H20N2O3S. The van der Waals surface area contributed by atoms with Crippen LogP contribution in [-0.2, 0) is 9.53 Å². The number of hydrogen-bond acceptors (Lipinski definition) is 5. The summed E-state index contributed by atoms with van der Waals surface area (Å²) in [6.45, 7) is 2.97. The number of ketones is 1. The second kappa shape index (κ2) is 7.52. The first-order valence-electron chi connectivity index (χ1n) is 6.78. The average Bonchev–Trinajstić information content (AvgIpc) is 2.97. The number of Topliss-reactive ketones (excluding diaryl/α,β-unsaturated/α-hetero) is 1. The van der Waals surface area contributed by atoms with Crippen LogP contribution in [0.1, 0.15) is 22.5 Å². The molecule has 0 radical (unpaired) electrons. The van der Waals surface area contributed by atoms with Crippen LogP contribution in [0.4, 0.5) is 0 Å². The van der Waals surface area contributed by atoms with E-state index in [-0.39, 0.29) is 30.6 Å². The van der Waals surface area contributed by atoms with Crippen molar-refractivity contribution in [2.24, 2.45) is 0 Å². The molecular weight excluding hydrogens is 276 g/mol. The van der Waals surface area contributed by atoms with Gasteiger partial charge in [0.05, 0.1) is 17.6 Å². The molecule has 1 fully saturated rings. The molecule has 1 aromatic heterocycles. The number of thiophene rings is 1. The second-order valence-electron chi connectivity index (χ2n) is 4.96. The molecule has 1 unspecified atom stereocenters. The van der Waals surface area contributed by atoms with Gasteiger partial charge < -0.3 is 15.0 Å². The average molecular weight is 296 g/mol. The Morgan fingerprint density at radius 1 is 1.50 bits per heavy atom. The first-order chi connectivity index (χ1) is 9.65. The Hall–Kier alpha value is -1.24. The van der Waals surface area contributed by atoms with Crippen molar-refractivity contribution in [1.82, 2.24) is 10.2 Å². The van der Waals surface area contributed by atoms with E-state index < -0.39 is 0 Å². The smallest absolute Gasteiger partial charge is 0.220 e. The number of nitrogens with one attached hydrogen (secondary N) is 1. The summed E-state index contributed by atoms with van der Waals surface area (Å²) in [4.78, 5) is 26.4. The first-order valence-corrected chi connectivity index (χ1v) is 7.66. The Bertz CT molecular complexity index is 447. The maximum atomic E-state index is 11.8. The molecule has 0 spiro atoms. The quantitative estimate of drug-likeness (QED) is 0.800. The fourth-order valence-corrected chi connectivity index (χ4v) is 2.79. The predicted molar refractivity (Wildman–Crippen MR) is 78.1 cm³/mol. The van der Waals surface area contributed by atoms with Crippen LogP contribution in [0, 0.1) is 0 Å². The molecule has 1 aliphatic heterocycles. The van der Waals surface area contributed by atoms with Gasteiger partial charge in [0, 0.05) is 32.5 Å². The summed E-state index contributed by atoms with van der Waals surface area (Å²) >= 11 is 1.41. The zero-order chi connectivity index (χ0) is 14.4. The molecule has 0 aromatic carbocycles. The zero-order valence-corrected chi connectivity index (χ0v) is 12.4. The van der Waals surface area contributed by atoms with Crippen molar-refractivity contribution >= 4 is 23.0 Å². The first kappa shape index (κ1) is 15.2. The number of rotatable bonds is 6. The predicted octanol–water partition coefficient (Wildman–Crippen LogP) is 1.16. The lowest BCUT2D eigenvalue weighted by molar-refractivity contribution is -0.122. The SMILES string of the molecule is CN1CCOC(CNC(=O)CCC(=O)c2cccs2)C1. The molecule has 1 aromatic rings. The van der Waals surface area contributed by atoms with E-state index in [9.17, 15) is 9.59 Å². The standard InChI is InChI=1S/C14H20N2O3S/c1-16-6-7-19-11(10-16)9-15-14(18)5-4-12(17)13-3-2-8-20-13/h2-3,8,11H,4-7,9-10H2,1H3,(H,15,18). The van der Waals surface area contributed by atoms with Gasteiger partial charge in [0.2, 0.25) is 5.91 Å². The largest absolute Gasteiger partial charge is 0.374 e. The van der Waals surface area contributed by atoms with Crippen LogP contribution in [0.25, 0.3) is 0 Å². The van der Waals surface area contributed by atoms with Gasteiger partial charge in [-0.05, 0) is 18.5 Å². The molecule has 5 nitrogen and oxygen atoms in total. The molecule has 0 aliphatic carbocycles. The highest BCUT2D eigenvalue weighted by Gasteiger charge is 2.18. The van der Waals surface area contributed by atoms with Gasteiger partial charge in [-0.25, -0.2) is 0 Å². The molecule has 0 saturated carbocycles. The van der Waals surface area contributed by atoms with Crippen LogP contribution < -0.4 is 5.32 Å². The lowest BCUT2D eigenvalue weighted by Crippen LogP contribution is -2.45. The Morgan fingerprint density at radius 2 is 2.35 bits per heavy atom. The van der Waals surface area contributed by atoms with Gasteiger partial charge in [-0.2, -0.15) is 0 Å². The summed E-state index contributed by atoms with van der Waals surface area (Å²) in [5.74, 6) is -0.0597. The Labute approximate surface area is 122 Å². The van der Waals surface area contributed by atoms with Crippen LogP contribution in [0.2, 0.25) is 0 Å². The van der Waals surface area contributed by atoms with Crippen LogP contribution >= 0.6 is 11.3 Å². The minimum atomic E-state index is -0.0910. The lowest BCUT2D eigenvalue weighted by Gasteiger charge is -2.30. The van der Waals surface area contributed by atoms with Crippen molar-refractivity contribution in [1.29, 1.82) is 0 Å². The molecule has 1 saturated heterocycles. The van der Waals surface area contributed by atoms with E-state index in [1.165, 1.54) is 11.3 Å². The number of carbonyl (C=O) groups is 2. The van der Waals surface area contributed by atoms with E-state index in [1.54, 1.807) is 6.07 Å². The lowest BCUT2D eigenvalue weighted by atomic mass is 10.2. The molecule has 1 amide bonds. The third-order valence-corrected chi connectivity index (χ3v) is 4.15. The van der Waals surface area contributed by atoms with Crippen molar-refractivity contribution in [2.45, 2.75) is 18.9 Å². The number of morpholine rings is 1. The van der Waals surface area contributed by atoms with Gasteiger partial charge >= 0.3 is 0 Å². The number of nitrogens with zero attached hydrogens (tertiary/aromatic N) is 1. The highest BCUT2D eigenvalue weighted by Crippen LogP contribution is 2.12. The summed E-state index contributed by atoms with van der Waals surface area (Å²) < 4.78 is 5.56. The Morgan fingerprint density at radius 3 is 3.05 bits per heavy atom. The van der Waals surface area contributed by atoms with E-state index in [4.69, 9.17) is 4.74 Å². The fourth-order valence-electron chi connectivity index (χ4n) is 2.09. The summed E-state index contributed by atoms with van der Waals surface area (Å²) in [5.41, 5.74) is 0. The fraction of sp³-hybridized carbons (Fsp3) is 0.571. The van der Waals surface area contributed by atoms with Crippen molar-refractivity contribution in [3.8, 4) is 0 Å². The van der Waals surface area contributed by atoms with E-state index in [0.717, 1.165) is 18.0 Å². The van der Waals surface area contributed by atoms with Gasteiger partial charge in [0.15, 0.2) is 5.78 Å². The second-order valence-corrected chi connectivity index (χ2v) is 5.91. The van der Waals surface area contributed by atoms with E-state index in [2.05, 4.69) is 10.2 Å². The van der Waals surface area contributed by atoms with Crippen LogP contribution in [0.5, 0.6) is 0 Å². The van der Waals surface area contributed by atoms with Crippen molar-refractivity contribution in [3.05, 3.63) is 22.4 Å². The maximum Gasteiger partial charge on any atom is 0.220 e. The summed E-state index contributed by atoms with van der Waals surface area (Å²) in [7, 11) is 2.04. The molecule has 2 rings (SSSR count). The molecule has 1 atom stereocenters. The summed E-state index contributed by atoms with van der Waals surface area (Å²) in [6.07, 6.45) is 0.544. The Balaban J connectivity index is 1.64. The minimum Gasteiger partial charge on any atom is -0.374 e. The normalized spacial score (nSPS) is 19.8. The molecule has 110 valence electrons.